The largest absolute Gasteiger partial charge is 0.479 e. The molecule has 0 spiro atoms. The Labute approximate surface area is 114 Å². The molecule has 0 aliphatic carbocycles. The predicted molar refractivity (Wildman–Crippen MR) is 71.1 cm³/mol. The Hall–Kier alpha value is -1.30. The molecule has 0 radical (unpaired) electrons. The van der Waals surface area contributed by atoms with Gasteiger partial charge in [-0.1, -0.05) is 13.8 Å². The molecule has 0 aromatic rings. The lowest BCUT2D eigenvalue weighted by Crippen LogP contribution is -2.45. The second kappa shape index (κ2) is 7.33. The van der Waals surface area contributed by atoms with Crippen LogP contribution in [0.2, 0.25) is 0 Å². The number of hydrogen-bond donors (Lipinski definition) is 2. The molecule has 1 heterocycles. The smallest absolute Gasteiger partial charge is 0.332 e. The molecule has 0 bridgehead atoms. The molecule has 6 nitrogen and oxygen atoms in total. The van der Waals surface area contributed by atoms with Gasteiger partial charge >= 0.3 is 12.0 Å². The normalized spacial score (nSPS) is 22.5. The molecule has 2 atom stereocenters. The van der Waals surface area contributed by atoms with E-state index in [4.69, 9.17) is 9.84 Å². The summed E-state index contributed by atoms with van der Waals surface area (Å²) in [5.74, 6) is -0.928. The van der Waals surface area contributed by atoms with Gasteiger partial charge in [-0.2, -0.15) is 0 Å². The van der Waals surface area contributed by atoms with Crippen LogP contribution in [0.3, 0.4) is 0 Å². The Morgan fingerprint density at radius 1 is 1.37 bits per heavy atom. The minimum absolute atomic E-state index is 0.129. The summed E-state index contributed by atoms with van der Waals surface area (Å²) in [6.45, 7) is 4.47. The fourth-order valence-electron chi connectivity index (χ4n) is 2.37. The maximum absolute atomic E-state index is 11.9. The maximum atomic E-state index is 11.9. The van der Waals surface area contributed by atoms with Crippen molar-refractivity contribution in [1.82, 2.24) is 10.2 Å². The van der Waals surface area contributed by atoms with Gasteiger partial charge in [-0.3, -0.25) is 0 Å². The zero-order valence-corrected chi connectivity index (χ0v) is 11.9. The van der Waals surface area contributed by atoms with Crippen LogP contribution in [0, 0.1) is 0 Å². The lowest BCUT2D eigenvalue weighted by molar-refractivity contribution is -0.149. The second-order valence-electron chi connectivity index (χ2n) is 4.93. The number of amides is 2. The minimum atomic E-state index is -0.928. The minimum Gasteiger partial charge on any atom is -0.479 e. The molecule has 19 heavy (non-hydrogen) atoms. The van der Waals surface area contributed by atoms with Gasteiger partial charge in [-0.15, -0.1) is 0 Å². The first-order valence-electron chi connectivity index (χ1n) is 6.88. The molecule has 2 unspecified atom stereocenters. The zero-order chi connectivity index (χ0) is 14.4. The molecule has 0 saturated carbocycles. The number of carbonyl (C=O) groups is 2. The Kier molecular flexibility index (Phi) is 6.08. The zero-order valence-electron chi connectivity index (χ0n) is 11.9. The summed E-state index contributed by atoms with van der Waals surface area (Å²) < 4.78 is 5.33. The third-order valence-corrected chi connectivity index (χ3v) is 3.67. The molecule has 1 aliphatic heterocycles. The summed E-state index contributed by atoms with van der Waals surface area (Å²) in [5.41, 5.74) is 0. The summed E-state index contributed by atoms with van der Waals surface area (Å²) in [5, 5.41) is 11.6. The highest BCUT2D eigenvalue weighted by Crippen LogP contribution is 2.19. The topological polar surface area (TPSA) is 78.9 Å². The number of carboxylic acid groups (broad SMARTS) is 1. The molecule has 110 valence electrons. The van der Waals surface area contributed by atoms with Gasteiger partial charge in [0.2, 0.25) is 0 Å². The molecule has 2 N–H and O–H groups in total. The van der Waals surface area contributed by atoms with Crippen molar-refractivity contribution in [3.8, 4) is 0 Å². The molecular formula is C13H24N2O4. The van der Waals surface area contributed by atoms with Gasteiger partial charge in [-0.25, -0.2) is 9.59 Å². The number of ether oxygens (including phenoxy) is 1. The van der Waals surface area contributed by atoms with E-state index in [1.54, 1.807) is 11.9 Å². The summed E-state index contributed by atoms with van der Waals surface area (Å²) in [4.78, 5) is 24.4. The number of urea groups is 1. The van der Waals surface area contributed by atoms with Crippen molar-refractivity contribution < 1.29 is 19.4 Å². The molecule has 1 fully saturated rings. The standard InChI is InChI=1S/C13H24N2O4/c1-4-9(5-2)15(3)13(18)14-8-10-6-7-11(19-10)12(16)17/h9-11H,4-8H2,1-3H3,(H,14,18)(H,16,17). The van der Waals surface area contributed by atoms with E-state index in [0.29, 0.717) is 19.4 Å². The molecule has 1 rings (SSSR count). The van der Waals surface area contributed by atoms with Crippen LogP contribution in [0.5, 0.6) is 0 Å². The average Bonchev–Trinajstić information content (AvgIpc) is 2.86. The van der Waals surface area contributed by atoms with Gasteiger partial charge < -0.3 is 20.1 Å². The number of carbonyl (C=O) groups excluding carboxylic acids is 1. The van der Waals surface area contributed by atoms with Crippen molar-refractivity contribution in [1.29, 1.82) is 0 Å². The fraction of sp³-hybridized carbons (Fsp3) is 0.846. The van der Waals surface area contributed by atoms with Crippen LogP contribution in [0.15, 0.2) is 0 Å². The van der Waals surface area contributed by atoms with Gasteiger partial charge in [0.25, 0.3) is 0 Å². The van der Waals surface area contributed by atoms with E-state index in [2.05, 4.69) is 19.2 Å². The first kappa shape index (κ1) is 15.8. The average molecular weight is 272 g/mol. The quantitative estimate of drug-likeness (QED) is 0.767. The van der Waals surface area contributed by atoms with Gasteiger partial charge in [0, 0.05) is 19.6 Å². The van der Waals surface area contributed by atoms with E-state index in [1.165, 1.54) is 0 Å². The Morgan fingerprint density at radius 2 is 2.00 bits per heavy atom. The number of nitrogens with zero attached hydrogens (tertiary/aromatic N) is 1. The van der Waals surface area contributed by atoms with E-state index in [-0.39, 0.29) is 18.2 Å². The van der Waals surface area contributed by atoms with E-state index in [1.807, 2.05) is 0 Å². The van der Waals surface area contributed by atoms with Crippen molar-refractivity contribution in [2.45, 2.75) is 57.8 Å². The van der Waals surface area contributed by atoms with E-state index < -0.39 is 12.1 Å². The maximum Gasteiger partial charge on any atom is 0.332 e. The van der Waals surface area contributed by atoms with E-state index in [9.17, 15) is 9.59 Å². The Morgan fingerprint density at radius 3 is 2.47 bits per heavy atom. The highest BCUT2D eigenvalue weighted by molar-refractivity contribution is 5.74. The first-order valence-corrected chi connectivity index (χ1v) is 6.88. The predicted octanol–water partition coefficient (Wildman–Crippen LogP) is 1.45. The number of rotatable bonds is 6. The van der Waals surface area contributed by atoms with Gasteiger partial charge in [0.05, 0.1) is 6.10 Å². The van der Waals surface area contributed by atoms with E-state index in [0.717, 1.165) is 12.8 Å². The van der Waals surface area contributed by atoms with Crippen LogP contribution >= 0.6 is 0 Å². The van der Waals surface area contributed by atoms with Crippen molar-refractivity contribution in [2.24, 2.45) is 0 Å². The van der Waals surface area contributed by atoms with Crippen molar-refractivity contribution in [2.75, 3.05) is 13.6 Å². The van der Waals surface area contributed by atoms with Crippen molar-refractivity contribution in [3.05, 3.63) is 0 Å². The highest BCUT2D eigenvalue weighted by atomic mass is 16.5. The first-order chi connectivity index (χ1) is 8.99. The Bertz CT molecular complexity index is 318. The number of nitrogens with one attached hydrogen (secondary N) is 1. The number of hydrogen-bond acceptors (Lipinski definition) is 3. The fourth-order valence-corrected chi connectivity index (χ4v) is 2.37. The summed E-state index contributed by atoms with van der Waals surface area (Å²) in [7, 11) is 1.78. The third kappa shape index (κ3) is 4.38. The number of carboxylic acids is 1. The molecule has 0 aromatic heterocycles. The second-order valence-corrected chi connectivity index (χ2v) is 4.93. The van der Waals surface area contributed by atoms with Crippen molar-refractivity contribution in [3.63, 3.8) is 0 Å². The molecular weight excluding hydrogens is 248 g/mol. The number of aliphatic carboxylic acids is 1. The molecule has 1 saturated heterocycles. The van der Waals surface area contributed by atoms with Crippen LogP contribution in [0.1, 0.15) is 39.5 Å². The molecule has 2 amide bonds. The summed E-state index contributed by atoms with van der Waals surface area (Å²) in [6.07, 6.45) is 2.10. The summed E-state index contributed by atoms with van der Waals surface area (Å²) in [6, 6.07) is 0.104. The van der Waals surface area contributed by atoms with Crippen molar-refractivity contribution >= 4 is 12.0 Å². The monoisotopic (exact) mass is 272 g/mol. The Balaban J connectivity index is 2.33. The van der Waals surface area contributed by atoms with Gasteiger partial charge in [0.1, 0.15) is 0 Å². The molecule has 0 aromatic carbocycles. The van der Waals surface area contributed by atoms with Gasteiger partial charge in [-0.05, 0) is 25.7 Å². The van der Waals surface area contributed by atoms with Crippen LogP contribution in [-0.2, 0) is 9.53 Å². The van der Waals surface area contributed by atoms with E-state index >= 15 is 0 Å². The SMILES string of the molecule is CCC(CC)N(C)C(=O)NCC1CCC(C(=O)O)O1. The third-order valence-electron chi connectivity index (χ3n) is 3.67. The van der Waals surface area contributed by atoms with Gasteiger partial charge in [0.15, 0.2) is 6.10 Å². The molecule has 6 heteroatoms. The van der Waals surface area contributed by atoms with Crippen LogP contribution < -0.4 is 5.32 Å². The van der Waals surface area contributed by atoms with Crippen LogP contribution in [-0.4, -0.2) is 53.8 Å². The molecule has 1 aliphatic rings. The highest BCUT2D eigenvalue weighted by Gasteiger charge is 2.30. The summed E-state index contributed by atoms with van der Waals surface area (Å²) >= 11 is 0. The van der Waals surface area contributed by atoms with Crippen LogP contribution in [0.4, 0.5) is 4.79 Å². The lowest BCUT2D eigenvalue weighted by atomic mass is 10.1. The lowest BCUT2D eigenvalue weighted by Gasteiger charge is -2.27. The van der Waals surface area contributed by atoms with Crippen LogP contribution in [0.25, 0.3) is 0 Å².